The number of hydrogen-bond acceptors (Lipinski definition) is 2. The Morgan fingerprint density at radius 1 is 1.05 bits per heavy atom. The van der Waals surface area contributed by atoms with Crippen molar-refractivity contribution in [3.63, 3.8) is 0 Å². The molecular weight excluding hydrogens is 288 g/mol. The molecule has 0 spiro atoms. The van der Waals surface area contributed by atoms with E-state index in [2.05, 4.69) is 0 Å². The fourth-order valence-electron chi connectivity index (χ4n) is 1.95. The van der Waals surface area contributed by atoms with Gasteiger partial charge in [0.05, 0.1) is 0 Å². The highest BCUT2D eigenvalue weighted by Gasteiger charge is 2.13. The van der Waals surface area contributed by atoms with Gasteiger partial charge in [0.2, 0.25) is 5.91 Å². The van der Waals surface area contributed by atoms with E-state index in [1.54, 1.807) is 42.3 Å². The summed E-state index contributed by atoms with van der Waals surface area (Å²) in [7, 11) is 1.70. The Labute approximate surface area is 128 Å². The first kappa shape index (κ1) is 15.1. The summed E-state index contributed by atoms with van der Waals surface area (Å²) < 4.78 is 0. The first-order valence-corrected chi connectivity index (χ1v) is 6.75. The van der Waals surface area contributed by atoms with E-state index in [1.165, 1.54) is 0 Å². The van der Waals surface area contributed by atoms with Gasteiger partial charge in [-0.15, -0.1) is 0 Å². The molecule has 21 heavy (non-hydrogen) atoms. The standard InChI is InChI=1S/C16H15ClN2O2/c1-19(10-13-4-2-3-5-14(13)17)16(21)12-8-6-11(7-9-12)15(18)20/h2-9H,10H2,1H3,(H2,18,20). The topological polar surface area (TPSA) is 63.4 Å². The zero-order valence-corrected chi connectivity index (χ0v) is 12.3. The van der Waals surface area contributed by atoms with Gasteiger partial charge in [0.25, 0.3) is 5.91 Å². The number of carbonyl (C=O) groups excluding carboxylic acids is 2. The molecule has 0 aliphatic rings. The van der Waals surface area contributed by atoms with Crippen molar-refractivity contribution < 1.29 is 9.59 Å². The van der Waals surface area contributed by atoms with Crippen molar-refractivity contribution in [1.82, 2.24) is 4.90 Å². The van der Waals surface area contributed by atoms with Crippen LogP contribution < -0.4 is 5.73 Å². The number of carbonyl (C=O) groups is 2. The molecule has 5 heteroatoms. The Balaban J connectivity index is 2.12. The average Bonchev–Trinajstić information content (AvgIpc) is 2.49. The molecule has 2 aromatic rings. The summed E-state index contributed by atoms with van der Waals surface area (Å²) in [5.74, 6) is -0.663. The summed E-state index contributed by atoms with van der Waals surface area (Å²) in [5.41, 5.74) is 6.92. The van der Waals surface area contributed by atoms with Crippen molar-refractivity contribution in [3.05, 3.63) is 70.2 Å². The Hall–Kier alpha value is -2.33. The van der Waals surface area contributed by atoms with Crippen LogP contribution in [0.15, 0.2) is 48.5 Å². The normalized spacial score (nSPS) is 10.2. The molecule has 0 heterocycles. The van der Waals surface area contributed by atoms with Crippen LogP contribution >= 0.6 is 11.6 Å². The van der Waals surface area contributed by atoms with Crippen LogP contribution in [0.25, 0.3) is 0 Å². The summed E-state index contributed by atoms with van der Waals surface area (Å²) in [6.07, 6.45) is 0. The first-order valence-electron chi connectivity index (χ1n) is 6.38. The lowest BCUT2D eigenvalue weighted by Crippen LogP contribution is -2.26. The minimum absolute atomic E-state index is 0.147. The lowest BCUT2D eigenvalue weighted by Gasteiger charge is -2.18. The SMILES string of the molecule is CN(Cc1ccccc1Cl)C(=O)c1ccc(C(N)=O)cc1. The van der Waals surface area contributed by atoms with Crippen LogP contribution in [0.3, 0.4) is 0 Å². The highest BCUT2D eigenvalue weighted by Crippen LogP contribution is 2.17. The first-order chi connectivity index (χ1) is 9.99. The zero-order valence-electron chi connectivity index (χ0n) is 11.5. The fourth-order valence-corrected chi connectivity index (χ4v) is 2.15. The molecule has 0 radical (unpaired) electrons. The Kier molecular flexibility index (Phi) is 4.60. The third-order valence-electron chi connectivity index (χ3n) is 3.13. The Morgan fingerprint density at radius 2 is 1.62 bits per heavy atom. The highest BCUT2D eigenvalue weighted by molar-refractivity contribution is 6.31. The molecule has 0 fully saturated rings. The molecule has 2 aromatic carbocycles. The predicted octanol–water partition coefficient (Wildman–Crippen LogP) is 2.71. The van der Waals surface area contributed by atoms with Crippen LogP contribution in [0.2, 0.25) is 5.02 Å². The van der Waals surface area contributed by atoms with Crippen LogP contribution in [-0.2, 0) is 6.54 Å². The lowest BCUT2D eigenvalue weighted by atomic mass is 10.1. The van der Waals surface area contributed by atoms with Gasteiger partial charge in [0.15, 0.2) is 0 Å². The summed E-state index contributed by atoms with van der Waals surface area (Å²) >= 11 is 6.09. The van der Waals surface area contributed by atoms with E-state index >= 15 is 0 Å². The number of benzene rings is 2. The van der Waals surface area contributed by atoms with Crippen molar-refractivity contribution >= 4 is 23.4 Å². The van der Waals surface area contributed by atoms with Gasteiger partial charge in [-0.3, -0.25) is 9.59 Å². The summed E-state index contributed by atoms with van der Waals surface area (Å²) in [6, 6.07) is 13.6. The van der Waals surface area contributed by atoms with Crippen molar-refractivity contribution in [2.24, 2.45) is 5.73 Å². The molecular formula is C16H15ClN2O2. The van der Waals surface area contributed by atoms with Crippen molar-refractivity contribution in [2.45, 2.75) is 6.54 Å². The van der Waals surface area contributed by atoms with Gasteiger partial charge in [0.1, 0.15) is 0 Å². The van der Waals surface area contributed by atoms with Gasteiger partial charge < -0.3 is 10.6 Å². The van der Waals surface area contributed by atoms with Gasteiger partial charge in [0, 0.05) is 29.7 Å². The molecule has 0 bridgehead atoms. The van der Waals surface area contributed by atoms with Crippen LogP contribution in [0.5, 0.6) is 0 Å². The largest absolute Gasteiger partial charge is 0.366 e. The molecule has 0 atom stereocenters. The molecule has 0 saturated carbocycles. The zero-order chi connectivity index (χ0) is 15.4. The molecule has 108 valence electrons. The average molecular weight is 303 g/mol. The molecule has 2 rings (SSSR count). The van der Waals surface area contributed by atoms with Crippen molar-refractivity contribution in [2.75, 3.05) is 7.05 Å². The van der Waals surface area contributed by atoms with E-state index in [-0.39, 0.29) is 5.91 Å². The summed E-state index contributed by atoms with van der Waals surface area (Å²) in [4.78, 5) is 24.9. The van der Waals surface area contributed by atoms with Crippen LogP contribution in [0, 0.1) is 0 Å². The number of nitrogens with two attached hydrogens (primary N) is 1. The van der Waals surface area contributed by atoms with E-state index in [1.807, 2.05) is 18.2 Å². The second kappa shape index (κ2) is 6.41. The summed E-state index contributed by atoms with van der Waals surface area (Å²) in [5, 5.41) is 0.626. The second-order valence-corrected chi connectivity index (χ2v) is 5.10. The smallest absolute Gasteiger partial charge is 0.253 e. The van der Waals surface area contributed by atoms with Gasteiger partial charge in [-0.05, 0) is 35.9 Å². The van der Waals surface area contributed by atoms with Gasteiger partial charge in [-0.25, -0.2) is 0 Å². The van der Waals surface area contributed by atoms with Crippen LogP contribution in [-0.4, -0.2) is 23.8 Å². The van der Waals surface area contributed by atoms with Crippen molar-refractivity contribution in [1.29, 1.82) is 0 Å². The third kappa shape index (κ3) is 3.61. The molecule has 0 saturated heterocycles. The number of primary amides is 1. The molecule has 2 amide bonds. The quantitative estimate of drug-likeness (QED) is 0.944. The number of rotatable bonds is 4. The second-order valence-electron chi connectivity index (χ2n) is 4.69. The van der Waals surface area contributed by atoms with E-state index in [0.29, 0.717) is 22.7 Å². The lowest BCUT2D eigenvalue weighted by molar-refractivity contribution is 0.0784. The fraction of sp³-hybridized carbons (Fsp3) is 0.125. The number of halogens is 1. The predicted molar refractivity (Wildman–Crippen MR) is 82.2 cm³/mol. The number of amides is 2. The molecule has 0 aliphatic carbocycles. The molecule has 4 nitrogen and oxygen atoms in total. The Bertz CT molecular complexity index is 668. The third-order valence-corrected chi connectivity index (χ3v) is 3.50. The maximum atomic E-state index is 12.3. The van der Waals surface area contributed by atoms with Crippen molar-refractivity contribution in [3.8, 4) is 0 Å². The monoisotopic (exact) mass is 302 g/mol. The maximum absolute atomic E-state index is 12.3. The minimum Gasteiger partial charge on any atom is -0.366 e. The van der Waals surface area contributed by atoms with E-state index in [0.717, 1.165) is 5.56 Å². The van der Waals surface area contributed by atoms with E-state index < -0.39 is 5.91 Å². The number of hydrogen-bond donors (Lipinski definition) is 1. The number of nitrogens with zero attached hydrogens (tertiary/aromatic N) is 1. The van der Waals surface area contributed by atoms with Gasteiger partial charge >= 0.3 is 0 Å². The molecule has 0 unspecified atom stereocenters. The van der Waals surface area contributed by atoms with Gasteiger partial charge in [-0.2, -0.15) is 0 Å². The molecule has 0 aromatic heterocycles. The highest BCUT2D eigenvalue weighted by atomic mass is 35.5. The minimum atomic E-state index is -0.515. The van der Waals surface area contributed by atoms with Gasteiger partial charge in [-0.1, -0.05) is 29.8 Å². The van der Waals surface area contributed by atoms with E-state index in [9.17, 15) is 9.59 Å². The van der Waals surface area contributed by atoms with Crippen LogP contribution in [0.4, 0.5) is 0 Å². The molecule has 2 N–H and O–H groups in total. The Morgan fingerprint density at radius 3 is 2.19 bits per heavy atom. The molecule has 0 aliphatic heterocycles. The maximum Gasteiger partial charge on any atom is 0.253 e. The van der Waals surface area contributed by atoms with E-state index in [4.69, 9.17) is 17.3 Å². The summed E-state index contributed by atoms with van der Waals surface area (Å²) in [6.45, 7) is 0.413. The van der Waals surface area contributed by atoms with Crippen LogP contribution in [0.1, 0.15) is 26.3 Å².